The highest BCUT2D eigenvalue weighted by Crippen LogP contribution is 2.27. The number of carbonyl (C=O) groups excluding carboxylic acids is 2. The van der Waals surface area contributed by atoms with E-state index in [2.05, 4.69) is 35.0 Å². The number of nitrogens with one attached hydrogen (secondary N) is 1. The first kappa shape index (κ1) is 18.9. The molecule has 26 heavy (non-hydrogen) atoms. The molecular formula is C20H27N3O2S. The van der Waals surface area contributed by atoms with E-state index in [1.165, 1.54) is 15.6 Å². The van der Waals surface area contributed by atoms with E-state index in [-0.39, 0.29) is 17.7 Å². The Morgan fingerprint density at radius 1 is 1.31 bits per heavy atom. The van der Waals surface area contributed by atoms with Crippen LogP contribution in [0.4, 0.5) is 0 Å². The number of benzene rings is 1. The largest absolute Gasteiger partial charge is 0.355 e. The summed E-state index contributed by atoms with van der Waals surface area (Å²) in [6, 6.07) is 8.41. The molecule has 1 unspecified atom stereocenters. The lowest BCUT2D eigenvalue weighted by atomic mass is 9.96. The maximum Gasteiger partial charge on any atom is 0.224 e. The van der Waals surface area contributed by atoms with Crippen molar-refractivity contribution in [3.05, 3.63) is 35.2 Å². The Labute approximate surface area is 158 Å². The summed E-state index contributed by atoms with van der Waals surface area (Å²) >= 11 is 1.76. The van der Waals surface area contributed by atoms with Gasteiger partial charge in [0.05, 0.1) is 5.92 Å². The molecule has 1 aliphatic heterocycles. The standard InChI is InChI=1S/C20H27N3O2S/c21-10-11-22-20(25)15-6-4-12-23(13-15)19(24)9-3-5-16-14-26-18-8-2-1-7-17(16)18/h1-2,7-8,14-15H,3-6,9-13,21H2,(H,22,25). The number of nitrogens with zero attached hydrogens (tertiary/aromatic N) is 1. The molecule has 3 N–H and O–H groups in total. The Morgan fingerprint density at radius 3 is 3.00 bits per heavy atom. The van der Waals surface area contributed by atoms with Crippen LogP contribution in [0, 0.1) is 5.92 Å². The Bertz CT molecular complexity index is 758. The number of likely N-dealkylation sites (tertiary alicyclic amines) is 1. The van der Waals surface area contributed by atoms with Crippen molar-refractivity contribution >= 4 is 33.2 Å². The number of carbonyl (C=O) groups is 2. The third-order valence-corrected chi connectivity index (χ3v) is 6.00. The topological polar surface area (TPSA) is 75.4 Å². The molecule has 2 aromatic rings. The summed E-state index contributed by atoms with van der Waals surface area (Å²) in [6.07, 6.45) is 4.05. The van der Waals surface area contributed by atoms with Crippen molar-refractivity contribution < 1.29 is 9.59 Å². The molecule has 1 aromatic heterocycles. The van der Waals surface area contributed by atoms with Crippen molar-refractivity contribution in [3.8, 4) is 0 Å². The fraction of sp³-hybridized carbons (Fsp3) is 0.500. The van der Waals surface area contributed by atoms with Crippen molar-refractivity contribution in [2.75, 3.05) is 26.2 Å². The SMILES string of the molecule is NCCNC(=O)C1CCCN(C(=O)CCCc2csc3ccccc23)C1. The van der Waals surface area contributed by atoms with Gasteiger partial charge in [0, 0.05) is 37.3 Å². The molecule has 1 aromatic carbocycles. The van der Waals surface area contributed by atoms with Crippen molar-refractivity contribution in [1.82, 2.24) is 10.2 Å². The van der Waals surface area contributed by atoms with Gasteiger partial charge in [0.1, 0.15) is 0 Å². The molecule has 0 bridgehead atoms. The number of thiophene rings is 1. The van der Waals surface area contributed by atoms with Gasteiger partial charge in [-0.1, -0.05) is 18.2 Å². The second-order valence-electron chi connectivity index (χ2n) is 6.87. The normalized spacial score (nSPS) is 17.4. The highest BCUT2D eigenvalue weighted by Gasteiger charge is 2.27. The lowest BCUT2D eigenvalue weighted by Crippen LogP contribution is -2.46. The molecule has 0 saturated carbocycles. The van der Waals surface area contributed by atoms with Gasteiger partial charge in [-0.2, -0.15) is 0 Å². The Kier molecular flexibility index (Phi) is 6.63. The molecule has 1 fully saturated rings. The first-order chi connectivity index (χ1) is 12.7. The summed E-state index contributed by atoms with van der Waals surface area (Å²) in [5.74, 6) is 0.0959. The maximum atomic E-state index is 12.5. The molecule has 0 radical (unpaired) electrons. The zero-order valence-corrected chi connectivity index (χ0v) is 15.9. The van der Waals surface area contributed by atoms with Crippen molar-refractivity contribution in [1.29, 1.82) is 0 Å². The fourth-order valence-corrected chi connectivity index (χ4v) is 4.57. The van der Waals surface area contributed by atoms with Gasteiger partial charge in [-0.25, -0.2) is 0 Å². The lowest BCUT2D eigenvalue weighted by Gasteiger charge is -2.32. The van der Waals surface area contributed by atoms with E-state index in [1.807, 2.05) is 4.90 Å². The van der Waals surface area contributed by atoms with Gasteiger partial charge in [-0.05, 0) is 48.1 Å². The van der Waals surface area contributed by atoms with Crippen LogP contribution in [-0.2, 0) is 16.0 Å². The zero-order valence-electron chi connectivity index (χ0n) is 15.1. The molecule has 0 aliphatic carbocycles. The second-order valence-corrected chi connectivity index (χ2v) is 7.78. The number of fused-ring (bicyclic) bond motifs is 1. The third-order valence-electron chi connectivity index (χ3n) is 4.99. The molecule has 1 saturated heterocycles. The summed E-state index contributed by atoms with van der Waals surface area (Å²) in [6.45, 7) is 2.24. The number of nitrogens with two attached hydrogens (primary N) is 1. The van der Waals surface area contributed by atoms with Crippen LogP contribution in [0.5, 0.6) is 0 Å². The van der Waals surface area contributed by atoms with Gasteiger partial charge in [-0.15, -0.1) is 11.3 Å². The minimum absolute atomic E-state index is 0.0256. The van der Waals surface area contributed by atoms with Crippen LogP contribution in [0.1, 0.15) is 31.2 Å². The van der Waals surface area contributed by atoms with Crippen LogP contribution in [-0.4, -0.2) is 42.9 Å². The van der Waals surface area contributed by atoms with Crippen molar-refractivity contribution in [2.45, 2.75) is 32.1 Å². The molecule has 140 valence electrons. The molecule has 1 atom stereocenters. The highest BCUT2D eigenvalue weighted by molar-refractivity contribution is 7.17. The quantitative estimate of drug-likeness (QED) is 0.783. The van der Waals surface area contributed by atoms with E-state index in [4.69, 9.17) is 5.73 Å². The maximum absolute atomic E-state index is 12.5. The van der Waals surface area contributed by atoms with Gasteiger partial charge in [0.2, 0.25) is 11.8 Å². The predicted octanol–water partition coefficient (Wildman–Crippen LogP) is 2.54. The smallest absolute Gasteiger partial charge is 0.224 e. The van der Waals surface area contributed by atoms with E-state index in [0.717, 1.165) is 32.2 Å². The van der Waals surface area contributed by atoms with Gasteiger partial charge < -0.3 is 16.0 Å². The van der Waals surface area contributed by atoms with E-state index in [9.17, 15) is 9.59 Å². The highest BCUT2D eigenvalue weighted by atomic mass is 32.1. The van der Waals surface area contributed by atoms with E-state index >= 15 is 0 Å². The number of amides is 2. The van der Waals surface area contributed by atoms with E-state index in [1.54, 1.807) is 11.3 Å². The average molecular weight is 374 g/mol. The summed E-state index contributed by atoms with van der Waals surface area (Å²) in [5, 5.41) is 6.35. The van der Waals surface area contributed by atoms with Crippen molar-refractivity contribution in [3.63, 3.8) is 0 Å². The summed E-state index contributed by atoms with van der Waals surface area (Å²) in [5.41, 5.74) is 6.76. The molecule has 0 spiro atoms. The minimum atomic E-state index is -0.0972. The number of aryl methyl sites for hydroxylation is 1. The van der Waals surface area contributed by atoms with Crippen LogP contribution in [0.3, 0.4) is 0 Å². The van der Waals surface area contributed by atoms with Crippen molar-refractivity contribution in [2.24, 2.45) is 11.7 Å². The van der Waals surface area contributed by atoms with Crippen LogP contribution >= 0.6 is 11.3 Å². The molecule has 5 nitrogen and oxygen atoms in total. The van der Waals surface area contributed by atoms with Crippen LogP contribution < -0.4 is 11.1 Å². The first-order valence-electron chi connectivity index (χ1n) is 9.39. The van der Waals surface area contributed by atoms with Crippen LogP contribution in [0.25, 0.3) is 10.1 Å². The number of rotatable bonds is 7. The Hall–Kier alpha value is -1.92. The summed E-state index contributed by atoms with van der Waals surface area (Å²) < 4.78 is 1.30. The van der Waals surface area contributed by atoms with Gasteiger partial charge in [-0.3, -0.25) is 9.59 Å². The fourth-order valence-electron chi connectivity index (χ4n) is 3.57. The number of piperidine rings is 1. The molecule has 3 rings (SSSR count). The predicted molar refractivity (Wildman–Crippen MR) is 106 cm³/mol. The monoisotopic (exact) mass is 373 g/mol. The van der Waals surface area contributed by atoms with Gasteiger partial charge >= 0.3 is 0 Å². The molecule has 2 heterocycles. The Morgan fingerprint density at radius 2 is 2.15 bits per heavy atom. The summed E-state index contributed by atoms with van der Waals surface area (Å²) in [4.78, 5) is 26.5. The Balaban J connectivity index is 1.47. The first-order valence-corrected chi connectivity index (χ1v) is 10.3. The second kappa shape index (κ2) is 9.14. The van der Waals surface area contributed by atoms with E-state index < -0.39 is 0 Å². The van der Waals surface area contributed by atoms with Crippen LogP contribution in [0.15, 0.2) is 29.6 Å². The molecule has 1 aliphatic rings. The summed E-state index contributed by atoms with van der Waals surface area (Å²) in [7, 11) is 0. The number of hydrogen-bond donors (Lipinski definition) is 2. The molecule has 6 heteroatoms. The number of hydrogen-bond acceptors (Lipinski definition) is 4. The molecule has 2 amide bonds. The van der Waals surface area contributed by atoms with Gasteiger partial charge in [0.25, 0.3) is 0 Å². The zero-order chi connectivity index (χ0) is 18.4. The lowest BCUT2D eigenvalue weighted by molar-refractivity contribution is -0.135. The van der Waals surface area contributed by atoms with Crippen LogP contribution in [0.2, 0.25) is 0 Å². The van der Waals surface area contributed by atoms with E-state index in [0.29, 0.717) is 26.1 Å². The minimum Gasteiger partial charge on any atom is -0.355 e. The third kappa shape index (κ3) is 4.62. The molecular weight excluding hydrogens is 346 g/mol. The van der Waals surface area contributed by atoms with Gasteiger partial charge in [0.15, 0.2) is 0 Å². The average Bonchev–Trinajstić information content (AvgIpc) is 3.09.